The quantitative estimate of drug-likeness (QED) is 0.703. The van der Waals surface area contributed by atoms with Gasteiger partial charge in [0.1, 0.15) is 0 Å². The topological polar surface area (TPSA) is 60.9 Å². The number of hydrogen-bond acceptors (Lipinski definition) is 4. The highest BCUT2D eigenvalue weighted by atomic mass is 35.5. The van der Waals surface area contributed by atoms with Crippen molar-refractivity contribution in [1.29, 1.82) is 0 Å². The smallest absolute Gasteiger partial charge is 0.232 e. The first-order valence-corrected chi connectivity index (χ1v) is 11.2. The number of amides is 1. The number of benzene rings is 1. The fourth-order valence-corrected chi connectivity index (χ4v) is 4.36. The zero-order chi connectivity index (χ0) is 19.3. The summed E-state index contributed by atoms with van der Waals surface area (Å²) in [5, 5.41) is 0.529. The third kappa shape index (κ3) is 5.34. The van der Waals surface area contributed by atoms with Crippen LogP contribution in [-0.4, -0.2) is 69.6 Å². The van der Waals surface area contributed by atoms with Gasteiger partial charge in [0.2, 0.25) is 15.9 Å². The Hall–Kier alpha value is -1.31. The Labute approximate surface area is 161 Å². The number of carbonyl (C=O) groups excluding carboxylic acids is 1. The molecule has 0 bridgehead atoms. The number of likely N-dealkylation sites (N-methyl/N-ethyl adjacent to an activating group) is 1. The zero-order valence-electron chi connectivity index (χ0n) is 15.7. The standard InChI is InChI=1S/C18H28ClN3O3S/c1-4-20-11-13-21(14-12-20)18(23)9-6-10-22(26(3,24)25)17-8-5-7-16(19)15(17)2/h5,7-8H,4,6,9-14H2,1-3H3. The summed E-state index contributed by atoms with van der Waals surface area (Å²) in [4.78, 5) is 16.6. The summed E-state index contributed by atoms with van der Waals surface area (Å²) in [5.74, 6) is 0.0945. The summed E-state index contributed by atoms with van der Waals surface area (Å²) in [5.41, 5.74) is 1.30. The number of piperazine rings is 1. The number of halogens is 1. The SMILES string of the molecule is CCN1CCN(C(=O)CCCN(c2cccc(Cl)c2C)S(C)(=O)=O)CC1. The van der Waals surface area contributed by atoms with Crippen LogP contribution in [0.2, 0.25) is 5.02 Å². The minimum atomic E-state index is -3.45. The lowest BCUT2D eigenvalue weighted by Gasteiger charge is -2.34. The van der Waals surface area contributed by atoms with Gasteiger partial charge in [-0.2, -0.15) is 0 Å². The van der Waals surface area contributed by atoms with Crippen LogP contribution >= 0.6 is 11.6 Å². The van der Waals surface area contributed by atoms with E-state index in [1.807, 2.05) is 4.90 Å². The summed E-state index contributed by atoms with van der Waals surface area (Å²) in [6.07, 6.45) is 2.00. The molecule has 1 aromatic carbocycles. The van der Waals surface area contributed by atoms with Gasteiger partial charge in [0.15, 0.2) is 0 Å². The van der Waals surface area contributed by atoms with E-state index < -0.39 is 10.0 Å². The van der Waals surface area contributed by atoms with E-state index in [0.717, 1.165) is 38.3 Å². The van der Waals surface area contributed by atoms with E-state index in [-0.39, 0.29) is 12.5 Å². The van der Waals surface area contributed by atoms with Gasteiger partial charge in [0, 0.05) is 44.2 Å². The predicted molar refractivity (Wildman–Crippen MR) is 106 cm³/mol. The number of rotatable bonds is 7. The summed E-state index contributed by atoms with van der Waals surface area (Å²) < 4.78 is 25.8. The first-order valence-electron chi connectivity index (χ1n) is 8.97. The second-order valence-corrected chi connectivity index (χ2v) is 8.95. The van der Waals surface area contributed by atoms with Crippen molar-refractivity contribution in [2.75, 3.05) is 49.8 Å². The lowest BCUT2D eigenvalue weighted by Crippen LogP contribution is -2.48. The summed E-state index contributed by atoms with van der Waals surface area (Å²) in [7, 11) is -3.45. The summed E-state index contributed by atoms with van der Waals surface area (Å²) in [6.45, 7) is 8.48. The molecule has 0 aliphatic carbocycles. The largest absolute Gasteiger partial charge is 0.340 e. The molecule has 1 fully saturated rings. The molecule has 8 heteroatoms. The van der Waals surface area contributed by atoms with E-state index in [9.17, 15) is 13.2 Å². The highest BCUT2D eigenvalue weighted by Gasteiger charge is 2.22. The van der Waals surface area contributed by atoms with Gasteiger partial charge in [0.25, 0.3) is 0 Å². The second-order valence-electron chi connectivity index (χ2n) is 6.64. The molecular formula is C18H28ClN3O3S. The fraction of sp³-hybridized carbons (Fsp3) is 0.611. The number of nitrogens with zero attached hydrogens (tertiary/aromatic N) is 3. The molecule has 1 aromatic rings. The lowest BCUT2D eigenvalue weighted by molar-refractivity contribution is -0.132. The molecule has 1 aliphatic rings. The van der Waals surface area contributed by atoms with Crippen LogP contribution in [-0.2, 0) is 14.8 Å². The van der Waals surface area contributed by atoms with Crippen LogP contribution in [0.25, 0.3) is 0 Å². The highest BCUT2D eigenvalue weighted by molar-refractivity contribution is 7.92. The van der Waals surface area contributed by atoms with Crippen molar-refractivity contribution in [3.05, 3.63) is 28.8 Å². The van der Waals surface area contributed by atoms with Gasteiger partial charge in [-0.25, -0.2) is 8.42 Å². The molecule has 0 spiro atoms. The molecule has 1 aliphatic heterocycles. The number of hydrogen-bond donors (Lipinski definition) is 0. The average Bonchev–Trinajstić information content (AvgIpc) is 2.60. The number of anilines is 1. The van der Waals surface area contributed by atoms with Crippen molar-refractivity contribution in [2.24, 2.45) is 0 Å². The maximum atomic E-state index is 12.4. The Balaban J connectivity index is 1.96. The Morgan fingerprint density at radius 1 is 1.23 bits per heavy atom. The average molecular weight is 402 g/mol. The first kappa shape index (κ1) is 21.0. The zero-order valence-corrected chi connectivity index (χ0v) is 17.3. The van der Waals surface area contributed by atoms with Crippen molar-refractivity contribution in [2.45, 2.75) is 26.7 Å². The maximum Gasteiger partial charge on any atom is 0.232 e. The van der Waals surface area contributed by atoms with Gasteiger partial charge in [-0.05, 0) is 37.6 Å². The molecular weight excluding hydrogens is 374 g/mol. The minimum Gasteiger partial charge on any atom is -0.340 e. The molecule has 0 atom stereocenters. The molecule has 0 aromatic heterocycles. The molecule has 146 valence electrons. The third-order valence-corrected chi connectivity index (χ3v) is 6.42. The van der Waals surface area contributed by atoms with E-state index in [4.69, 9.17) is 11.6 Å². The van der Waals surface area contributed by atoms with E-state index in [2.05, 4.69) is 11.8 Å². The van der Waals surface area contributed by atoms with Crippen molar-refractivity contribution in [1.82, 2.24) is 9.80 Å². The molecule has 0 unspecified atom stereocenters. The van der Waals surface area contributed by atoms with Gasteiger partial charge < -0.3 is 9.80 Å². The molecule has 0 saturated carbocycles. The minimum absolute atomic E-state index is 0.0945. The van der Waals surface area contributed by atoms with Crippen molar-refractivity contribution < 1.29 is 13.2 Å². The molecule has 26 heavy (non-hydrogen) atoms. The summed E-state index contributed by atoms with van der Waals surface area (Å²) >= 11 is 6.13. The molecule has 6 nitrogen and oxygen atoms in total. The van der Waals surface area contributed by atoms with Gasteiger partial charge in [-0.15, -0.1) is 0 Å². The monoisotopic (exact) mass is 401 g/mol. The van der Waals surface area contributed by atoms with Crippen LogP contribution in [0, 0.1) is 6.92 Å². The van der Waals surface area contributed by atoms with Crippen LogP contribution in [0.5, 0.6) is 0 Å². The Kier molecular flexibility index (Phi) is 7.32. The van der Waals surface area contributed by atoms with E-state index in [0.29, 0.717) is 23.6 Å². The third-order valence-electron chi connectivity index (χ3n) is 4.83. The molecule has 2 rings (SSSR count). The van der Waals surface area contributed by atoms with E-state index >= 15 is 0 Å². The van der Waals surface area contributed by atoms with Crippen LogP contribution < -0.4 is 4.31 Å². The van der Waals surface area contributed by atoms with Gasteiger partial charge >= 0.3 is 0 Å². The van der Waals surface area contributed by atoms with Crippen molar-refractivity contribution in [3.8, 4) is 0 Å². The van der Waals surface area contributed by atoms with Crippen LogP contribution in [0.15, 0.2) is 18.2 Å². The first-order chi connectivity index (χ1) is 12.2. The van der Waals surface area contributed by atoms with Crippen molar-refractivity contribution >= 4 is 33.2 Å². The van der Waals surface area contributed by atoms with Gasteiger partial charge in [0.05, 0.1) is 11.9 Å². The molecule has 1 saturated heterocycles. The maximum absolute atomic E-state index is 12.4. The predicted octanol–water partition coefficient (Wildman–Crippen LogP) is 2.36. The highest BCUT2D eigenvalue weighted by Crippen LogP contribution is 2.28. The van der Waals surface area contributed by atoms with Gasteiger partial charge in [-0.3, -0.25) is 9.10 Å². The van der Waals surface area contributed by atoms with E-state index in [1.54, 1.807) is 25.1 Å². The van der Waals surface area contributed by atoms with Crippen LogP contribution in [0.3, 0.4) is 0 Å². The van der Waals surface area contributed by atoms with Crippen LogP contribution in [0.1, 0.15) is 25.3 Å². The Bertz CT molecular complexity index is 731. The number of carbonyl (C=O) groups is 1. The van der Waals surface area contributed by atoms with Gasteiger partial charge in [-0.1, -0.05) is 24.6 Å². The number of sulfonamides is 1. The Morgan fingerprint density at radius 3 is 2.46 bits per heavy atom. The second kappa shape index (κ2) is 9.06. The van der Waals surface area contributed by atoms with Crippen molar-refractivity contribution in [3.63, 3.8) is 0 Å². The van der Waals surface area contributed by atoms with Crippen LogP contribution in [0.4, 0.5) is 5.69 Å². The molecule has 0 radical (unpaired) electrons. The normalized spacial score (nSPS) is 15.9. The Morgan fingerprint density at radius 2 is 1.88 bits per heavy atom. The molecule has 0 N–H and O–H groups in total. The molecule has 1 heterocycles. The lowest BCUT2D eigenvalue weighted by atomic mass is 10.2. The summed E-state index contributed by atoms with van der Waals surface area (Å²) in [6, 6.07) is 5.22. The fourth-order valence-electron chi connectivity index (χ4n) is 3.18. The molecule has 1 amide bonds. The van der Waals surface area contributed by atoms with E-state index in [1.165, 1.54) is 10.6 Å².